The van der Waals surface area contributed by atoms with Crippen LogP contribution in [-0.4, -0.2) is 38.3 Å². The number of hydrogen-bond donors (Lipinski definition) is 2. The van der Waals surface area contributed by atoms with Crippen molar-refractivity contribution in [1.29, 1.82) is 0 Å². The van der Waals surface area contributed by atoms with Gasteiger partial charge in [0.25, 0.3) is 0 Å². The van der Waals surface area contributed by atoms with Crippen LogP contribution in [0, 0.1) is 0 Å². The minimum absolute atomic E-state index is 0. The first-order valence-corrected chi connectivity index (χ1v) is 9.06. The second kappa shape index (κ2) is 13.5. The Morgan fingerprint density at radius 3 is 2.62 bits per heavy atom. The fraction of sp³-hybridized carbons (Fsp3) is 0.632. The summed E-state index contributed by atoms with van der Waals surface area (Å²) in [6, 6.07) is 10.5. The Balaban J connectivity index is 0.00000288. The van der Waals surface area contributed by atoms with Crippen LogP contribution in [0.25, 0.3) is 0 Å². The van der Waals surface area contributed by atoms with Crippen molar-refractivity contribution in [2.45, 2.75) is 51.6 Å². The zero-order valence-corrected chi connectivity index (χ0v) is 17.1. The second-order valence-electron chi connectivity index (χ2n) is 6.05. The van der Waals surface area contributed by atoms with E-state index in [0.29, 0.717) is 6.10 Å². The molecule has 0 spiro atoms. The van der Waals surface area contributed by atoms with Crippen molar-refractivity contribution in [1.82, 2.24) is 10.6 Å². The summed E-state index contributed by atoms with van der Waals surface area (Å²) < 4.78 is 5.87. The molecule has 1 aromatic rings. The molecule has 0 unspecified atom stereocenters. The van der Waals surface area contributed by atoms with Gasteiger partial charge in [-0.3, -0.25) is 4.99 Å². The lowest BCUT2D eigenvalue weighted by Crippen LogP contribution is -2.38. The van der Waals surface area contributed by atoms with Crippen LogP contribution in [0.1, 0.15) is 44.6 Å². The third-order valence-electron chi connectivity index (χ3n) is 4.12. The van der Waals surface area contributed by atoms with E-state index in [1.807, 2.05) is 0 Å². The molecule has 0 bridgehead atoms. The van der Waals surface area contributed by atoms with Gasteiger partial charge in [-0.05, 0) is 38.2 Å². The zero-order valence-electron chi connectivity index (χ0n) is 14.8. The highest BCUT2D eigenvalue weighted by atomic mass is 127. The van der Waals surface area contributed by atoms with E-state index in [9.17, 15) is 0 Å². The summed E-state index contributed by atoms with van der Waals surface area (Å²) in [5.74, 6) is 0.907. The quantitative estimate of drug-likeness (QED) is 0.264. The number of benzene rings is 1. The van der Waals surface area contributed by atoms with Crippen molar-refractivity contribution < 1.29 is 4.74 Å². The molecule has 5 heteroatoms. The zero-order chi connectivity index (χ0) is 16.2. The molecule has 0 aromatic heterocycles. The summed E-state index contributed by atoms with van der Waals surface area (Å²) in [6.07, 6.45) is 7.66. The van der Waals surface area contributed by atoms with E-state index >= 15 is 0 Å². The first kappa shape index (κ1) is 21.2. The molecular weight excluding hydrogens is 413 g/mol. The monoisotopic (exact) mass is 445 g/mol. The van der Waals surface area contributed by atoms with Gasteiger partial charge >= 0.3 is 0 Å². The Hall–Kier alpha value is -0.820. The van der Waals surface area contributed by atoms with Gasteiger partial charge in [0.2, 0.25) is 0 Å². The molecule has 0 aliphatic heterocycles. The highest BCUT2D eigenvalue weighted by molar-refractivity contribution is 14.0. The smallest absolute Gasteiger partial charge is 0.191 e. The van der Waals surface area contributed by atoms with Gasteiger partial charge in [0.05, 0.1) is 6.10 Å². The van der Waals surface area contributed by atoms with Crippen LogP contribution in [-0.2, 0) is 11.2 Å². The van der Waals surface area contributed by atoms with E-state index in [-0.39, 0.29) is 24.0 Å². The van der Waals surface area contributed by atoms with Crippen molar-refractivity contribution >= 4 is 29.9 Å². The number of rotatable bonds is 9. The largest absolute Gasteiger partial charge is 0.378 e. The fourth-order valence-electron chi connectivity index (χ4n) is 2.87. The average Bonchev–Trinajstić information content (AvgIpc) is 3.09. The number of nitrogens with one attached hydrogen (secondary N) is 2. The van der Waals surface area contributed by atoms with Gasteiger partial charge in [0.15, 0.2) is 5.96 Å². The molecular formula is C19H32IN3O. The van der Waals surface area contributed by atoms with Gasteiger partial charge in [-0.1, -0.05) is 43.2 Å². The molecule has 1 saturated carbocycles. The maximum atomic E-state index is 5.87. The van der Waals surface area contributed by atoms with Gasteiger partial charge in [0.1, 0.15) is 0 Å². The highest BCUT2D eigenvalue weighted by Crippen LogP contribution is 2.20. The molecule has 1 fully saturated rings. The molecule has 0 amide bonds. The van der Waals surface area contributed by atoms with Crippen LogP contribution in [0.2, 0.25) is 0 Å². The molecule has 1 aromatic carbocycles. The highest BCUT2D eigenvalue weighted by Gasteiger charge is 2.14. The van der Waals surface area contributed by atoms with E-state index in [0.717, 1.165) is 45.0 Å². The van der Waals surface area contributed by atoms with Gasteiger partial charge in [0, 0.05) is 26.2 Å². The molecule has 24 heavy (non-hydrogen) atoms. The lowest BCUT2D eigenvalue weighted by molar-refractivity contribution is 0.0579. The minimum atomic E-state index is 0. The number of hydrogen-bond acceptors (Lipinski definition) is 2. The first-order chi connectivity index (χ1) is 11.4. The second-order valence-corrected chi connectivity index (χ2v) is 6.05. The Kier molecular flexibility index (Phi) is 11.9. The van der Waals surface area contributed by atoms with E-state index in [1.54, 1.807) is 0 Å². The van der Waals surface area contributed by atoms with Crippen LogP contribution in [0.15, 0.2) is 35.3 Å². The Labute approximate surface area is 163 Å². The molecule has 0 heterocycles. The summed E-state index contributed by atoms with van der Waals surface area (Å²) in [7, 11) is 0. The predicted molar refractivity (Wildman–Crippen MR) is 112 cm³/mol. The average molecular weight is 445 g/mol. The van der Waals surface area contributed by atoms with Crippen molar-refractivity contribution in [2.75, 3.05) is 26.2 Å². The van der Waals surface area contributed by atoms with Gasteiger partial charge < -0.3 is 15.4 Å². The standard InChI is InChI=1S/C19H31N3O.HI/c1-2-20-19(22-15-13-17-9-4-3-5-10-17)21-14-8-16-23-18-11-6-7-12-18;/h3-5,9-10,18H,2,6-8,11-16H2,1H3,(H2,20,21,22);1H. The SMILES string of the molecule is CCNC(=NCCCOC1CCCC1)NCCc1ccccc1.I. The van der Waals surface area contributed by atoms with E-state index in [4.69, 9.17) is 4.74 Å². The molecule has 1 aliphatic rings. The number of ether oxygens (including phenoxy) is 1. The molecule has 136 valence electrons. The maximum Gasteiger partial charge on any atom is 0.191 e. The van der Waals surface area contributed by atoms with Gasteiger partial charge in [-0.2, -0.15) is 0 Å². The Bertz CT molecular complexity index is 447. The van der Waals surface area contributed by atoms with Gasteiger partial charge in [-0.25, -0.2) is 0 Å². The van der Waals surface area contributed by atoms with E-state index < -0.39 is 0 Å². The maximum absolute atomic E-state index is 5.87. The lowest BCUT2D eigenvalue weighted by atomic mass is 10.1. The Morgan fingerprint density at radius 1 is 1.17 bits per heavy atom. The van der Waals surface area contributed by atoms with Crippen molar-refractivity contribution in [3.05, 3.63) is 35.9 Å². The molecule has 0 radical (unpaired) electrons. The predicted octanol–water partition coefficient (Wildman–Crippen LogP) is 3.75. The Morgan fingerprint density at radius 2 is 1.92 bits per heavy atom. The van der Waals surface area contributed by atoms with Gasteiger partial charge in [-0.15, -0.1) is 24.0 Å². The minimum Gasteiger partial charge on any atom is -0.378 e. The lowest BCUT2D eigenvalue weighted by Gasteiger charge is -2.12. The van der Waals surface area contributed by atoms with Crippen LogP contribution >= 0.6 is 24.0 Å². The van der Waals surface area contributed by atoms with Crippen LogP contribution < -0.4 is 10.6 Å². The molecule has 0 atom stereocenters. The third kappa shape index (κ3) is 8.87. The van der Waals surface area contributed by atoms with E-state index in [2.05, 4.69) is 52.9 Å². The number of nitrogens with zero attached hydrogens (tertiary/aromatic N) is 1. The van der Waals surface area contributed by atoms with E-state index in [1.165, 1.54) is 31.2 Å². The number of guanidine groups is 1. The summed E-state index contributed by atoms with van der Waals surface area (Å²) in [6.45, 7) is 5.52. The summed E-state index contributed by atoms with van der Waals surface area (Å²) >= 11 is 0. The topological polar surface area (TPSA) is 45.7 Å². The van der Waals surface area contributed by atoms with Crippen molar-refractivity contribution in [2.24, 2.45) is 4.99 Å². The van der Waals surface area contributed by atoms with Crippen molar-refractivity contribution in [3.8, 4) is 0 Å². The number of halogens is 1. The van der Waals surface area contributed by atoms with Crippen molar-refractivity contribution in [3.63, 3.8) is 0 Å². The molecule has 2 rings (SSSR count). The number of aliphatic imine (C=N–C) groups is 1. The fourth-order valence-corrected chi connectivity index (χ4v) is 2.87. The van der Waals surface area contributed by atoms with Crippen LogP contribution in [0.3, 0.4) is 0 Å². The molecule has 0 saturated heterocycles. The first-order valence-electron chi connectivity index (χ1n) is 9.06. The molecule has 4 nitrogen and oxygen atoms in total. The van der Waals surface area contributed by atoms with Crippen LogP contribution in [0.5, 0.6) is 0 Å². The van der Waals surface area contributed by atoms with Crippen LogP contribution in [0.4, 0.5) is 0 Å². The molecule has 1 aliphatic carbocycles. The third-order valence-corrected chi connectivity index (χ3v) is 4.12. The summed E-state index contributed by atoms with van der Waals surface area (Å²) in [5, 5.41) is 6.70. The molecule has 2 N–H and O–H groups in total. The normalized spacial score (nSPS) is 15.1. The summed E-state index contributed by atoms with van der Waals surface area (Å²) in [4.78, 5) is 4.62. The summed E-state index contributed by atoms with van der Waals surface area (Å²) in [5.41, 5.74) is 1.35.